The van der Waals surface area contributed by atoms with E-state index in [0.29, 0.717) is 12.1 Å². The summed E-state index contributed by atoms with van der Waals surface area (Å²) in [5, 5.41) is 16.7. The van der Waals surface area contributed by atoms with Crippen LogP contribution in [0.2, 0.25) is 0 Å². The van der Waals surface area contributed by atoms with Crippen molar-refractivity contribution in [1.29, 1.82) is 0 Å². The van der Waals surface area contributed by atoms with Crippen molar-refractivity contribution in [2.24, 2.45) is 0 Å². The molecule has 1 heterocycles. The molecule has 0 radical (unpaired) electrons. The molecule has 6 nitrogen and oxygen atoms in total. The first-order chi connectivity index (χ1) is 12.6. The van der Waals surface area contributed by atoms with Crippen LogP contribution in [0.5, 0.6) is 0 Å². The van der Waals surface area contributed by atoms with Crippen LogP contribution in [0.15, 0.2) is 59.1 Å². The van der Waals surface area contributed by atoms with Crippen LogP contribution in [0.4, 0.5) is 5.82 Å². The van der Waals surface area contributed by atoms with E-state index < -0.39 is 5.97 Å². The van der Waals surface area contributed by atoms with E-state index in [1.807, 2.05) is 50.5 Å². The number of carboxylic acids is 1. The molecule has 0 aliphatic heterocycles. The van der Waals surface area contributed by atoms with Crippen molar-refractivity contribution in [3.05, 3.63) is 71.3 Å². The molecule has 0 aliphatic rings. The van der Waals surface area contributed by atoms with Crippen LogP contribution in [0.1, 0.15) is 21.5 Å². The van der Waals surface area contributed by atoms with Crippen molar-refractivity contribution in [3.8, 4) is 11.3 Å². The van der Waals surface area contributed by atoms with Crippen LogP contribution in [0, 0.1) is 0 Å². The van der Waals surface area contributed by atoms with E-state index in [1.165, 1.54) is 5.56 Å². The highest BCUT2D eigenvalue weighted by molar-refractivity contribution is 5.99. The summed E-state index contributed by atoms with van der Waals surface area (Å²) in [7, 11) is 4.02. The zero-order valence-corrected chi connectivity index (χ0v) is 14.8. The number of benzene rings is 2. The molecule has 3 rings (SSSR count). The summed E-state index contributed by atoms with van der Waals surface area (Å²) in [6, 6.07) is 17.1. The monoisotopic (exact) mass is 351 g/mol. The Kier molecular flexibility index (Phi) is 5.34. The number of anilines is 1. The molecule has 134 valence electrons. The number of nitrogens with one attached hydrogen (secondary N) is 1. The van der Waals surface area contributed by atoms with Crippen LogP contribution in [0.3, 0.4) is 0 Å². The average Bonchev–Trinajstić information content (AvgIpc) is 3.05. The first-order valence-corrected chi connectivity index (χ1v) is 8.30. The number of rotatable bonds is 7. The highest BCUT2D eigenvalue weighted by atomic mass is 16.5. The molecule has 6 heteroatoms. The van der Waals surface area contributed by atoms with Gasteiger partial charge < -0.3 is 19.8 Å². The average molecular weight is 351 g/mol. The minimum atomic E-state index is -1.07. The molecule has 3 aromatic rings. The van der Waals surface area contributed by atoms with E-state index >= 15 is 0 Å². The highest BCUT2D eigenvalue weighted by Crippen LogP contribution is 2.29. The zero-order chi connectivity index (χ0) is 18.5. The lowest BCUT2D eigenvalue weighted by Gasteiger charge is -2.14. The van der Waals surface area contributed by atoms with E-state index in [4.69, 9.17) is 4.52 Å². The largest absolute Gasteiger partial charge is 0.477 e. The maximum absolute atomic E-state index is 11.8. The molecule has 0 bridgehead atoms. The Morgan fingerprint density at radius 2 is 1.73 bits per heavy atom. The number of aromatic nitrogens is 1. The third-order valence-electron chi connectivity index (χ3n) is 3.99. The van der Waals surface area contributed by atoms with E-state index in [0.717, 1.165) is 12.1 Å². The maximum Gasteiger partial charge on any atom is 0.343 e. The van der Waals surface area contributed by atoms with Gasteiger partial charge in [-0.3, -0.25) is 0 Å². The minimum absolute atomic E-state index is 0.0429. The molecule has 0 amide bonds. The number of aromatic carboxylic acids is 1. The molecule has 0 saturated heterocycles. The third-order valence-corrected chi connectivity index (χ3v) is 3.99. The fraction of sp³-hybridized carbons (Fsp3) is 0.200. The van der Waals surface area contributed by atoms with Crippen molar-refractivity contribution in [2.75, 3.05) is 19.4 Å². The van der Waals surface area contributed by atoms with Gasteiger partial charge in [0.25, 0.3) is 0 Å². The standard InChI is InChI=1S/C20H21N3O3/c1-23(2)13-16-11-7-6-10-15(16)12-21-19-17(20(24)25)18(26-22-19)14-8-4-3-5-9-14/h3-11H,12-13H2,1-2H3,(H,21,22)(H,24,25). The lowest BCUT2D eigenvalue weighted by Crippen LogP contribution is -2.14. The van der Waals surface area contributed by atoms with E-state index in [2.05, 4.69) is 21.4 Å². The first kappa shape index (κ1) is 17.7. The second kappa shape index (κ2) is 7.84. The van der Waals surface area contributed by atoms with Gasteiger partial charge in [-0.25, -0.2) is 4.79 Å². The lowest BCUT2D eigenvalue weighted by molar-refractivity contribution is 0.0698. The number of hydrogen-bond donors (Lipinski definition) is 2. The SMILES string of the molecule is CN(C)Cc1ccccc1CNc1noc(-c2ccccc2)c1C(=O)O. The minimum Gasteiger partial charge on any atom is -0.477 e. The predicted molar refractivity (Wildman–Crippen MR) is 100 cm³/mol. The Balaban J connectivity index is 1.86. The molecule has 2 N–H and O–H groups in total. The molecule has 0 fully saturated rings. The maximum atomic E-state index is 11.8. The van der Waals surface area contributed by atoms with Gasteiger partial charge in [-0.15, -0.1) is 0 Å². The van der Waals surface area contributed by atoms with Gasteiger partial charge in [0.05, 0.1) is 0 Å². The Hall–Kier alpha value is -3.12. The third kappa shape index (κ3) is 3.92. The molecule has 0 unspecified atom stereocenters. The normalized spacial score (nSPS) is 10.9. The number of hydrogen-bond acceptors (Lipinski definition) is 5. The fourth-order valence-corrected chi connectivity index (χ4v) is 2.80. The van der Waals surface area contributed by atoms with Crippen molar-refractivity contribution in [3.63, 3.8) is 0 Å². The van der Waals surface area contributed by atoms with Gasteiger partial charge in [0.2, 0.25) is 0 Å². The Morgan fingerprint density at radius 3 is 2.38 bits per heavy atom. The quantitative estimate of drug-likeness (QED) is 0.675. The number of nitrogens with zero attached hydrogens (tertiary/aromatic N) is 2. The van der Waals surface area contributed by atoms with Gasteiger partial charge in [0.1, 0.15) is 0 Å². The highest BCUT2D eigenvalue weighted by Gasteiger charge is 2.23. The van der Waals surface area contributed by atoms with Gasteiger partial charge in [-0.05, 0) is 25.2 Å². The van der Waals surface area contributed by atoms with Crippen LogP contribution >= 0.6 is 0 Å². The van der Waals surface area contributed by atoms with E-state index in [1.54, 1.807) is 12.1 Å². The number of carboxylic acid groups (broad SMARTS) is 1. The summed E-state index contributed by atoms with van der Waals surface area (Å²) in [6.07, 6.45) is 0. The van der Waals surface area contributed by atoms with Gasteiger partial charge in [0, 0.05) is 18.7 Å². The number of carbonyl (C=O) groups is 1. The van der Waals surface area contributed by atoms with Crippen molar-refractivity contribution < 1.29 is 14.4 Å². The van der Waals surface area contributed by atoms with Gasteiger partial charge >= 0.3 is 5.97 Å². The van der Waals surface area contributed by atoms with Gasteiger partial charge in [-0.2, -0.15) is 0 Å². The van der Waals surface area contributed by atoms with E-state index in [-0.39, 0.29) is 17.1 Å². The molecule has 1 aromatic heterocycles. The summed E-state index contributed by atoms with van der Waals surface area (Å²) in [5.41, 5.74) is 2.98. The first-order valence-electron chi connectivity index (χ1n) is 8.30. The van der Waals surface area contributed by atoms with Crippen molar-refractivity contribution in [2.45, 2.75) is 13.1 Å². The molecular weight excluding hydrogens is 330 g/mol. The summed E-state index contributed by atoms with van der Waals surface area (Å²) in [6.45, 7) is 1.27. The Bertz CT molecular complexity index is 888. The molecule has 0 spiro atoms. The topological polar surface area (TPSA) is 78.6 Å². The second-order valence-corrected chi connectivity index (χ2v) is 6.27. The second-order valence-electron chi connectivity index (χ2n) is 6.27. The predicted octanol–water partition coefficient (Wildman–Crippen LogP) is 3.71. The lowest BCUT2D eigenvalue weighted by atomic mass is 10.1. The van der Waals surface area contributed by atoms with E-state index in [9.17, 15) is 9.90 Å². The molecule has 0 aliphatic carbocycles. The molecule has 0 atom stereocenters. The van der Waals surface area contributed by atoms with Crippen LogP contribution in [-0.4, -0.2) is 35.2 Å². The summed E-state index contributed by atoms with van der Waals surface area (Å²) in [5.74, 6) is -0.590. The molecule has 2 aromatic carbocycles. The zero-order valence-electron chi connectivity index (χ0n) is 14.8. The summed E-state index contributed by atoms with van der Waals surface area (Å²) >= 11 is 0. The van der Waals surface area contributed by atoms with Gasteiger partial charge in [0.15, 0.2) is 17.1 Å². The Morgan fingerprint density at radius 1 is 1.08 bits per heavy atom. The molecule has 26 heavy (non-hydrogen) atoms. The van der Waals surface area contributed by atoms with Crippen molar-refractivity contribution in [1.82, 2.24) is 10.1 Å². The van der Waals surface area contributed by atoms with Gasteiger partial charge in [-0.1, -0.05) is 59.8 Å². The Labute approximate surface area is 152 Å². The smallest absolute Gasteiger partial charge is 0.343 e. The van der Waals surface area contributed by atoms with Crippen LogP contribution in [0.25, 0.3) is 11.3 Å². The summed E-state index contributed by atoms with van der Waals surface area (Å²) in [4.78, 5) is 13.8. The van der Waals surface area contributed by atoms with Crippen LogP contribution < -0.4 is 5.32 Å². The van der Waals surface area contributed by atoms with Crippen LogP contribution in [-0.2, 0) is 13.1 Å². The molecule has 0 saturated carbocycles. The molecular formula is C20H21N3O3. The fourth-order valence-electron chi connectivity index (χ4n) is 2.80. The van der Waals surface area contributed by atoms with Crippen molar-refractivity contribution >= 4 is 11.8 Å². The summed E-state index contributed by atoms with van der Waals surface area (Å²) < 4.78 is 5.32.